The molecular weight excluding hydrogens is 294 g/mol. The van der Waals surface area contributed by atoms with Crippen molar-refractivity contribution >= 4 is 27.3 Å². The van der Waals surface area contributed by atoms with E-state index in [2.05, 4.69) is 46.5 Å². The van der Waals surface area contributed by atoms with Gasteiger partial charge in [0.25, 0.3) is 0 Å². The van der Waals surface area contributed by atoms with E-state index in [0.717, 1.165) is 5.92 Å². The minimum absolute atomic E-state index is 0.475. The summed E-state index contributed by atoms with van der Waals surface area (Å²) < 4.78 is 1.25. The van der Waals surface area contributed by atoms with Gasteiger partial charge < -0.3 is 5.32 Å². The number of nitrogens with one attached hydrogen (secondary N) is 1. The topological polar surface area (TPSA) is 12.0 Å². The van der Waals surface area contributed by atoms with Crippen LogP contribution in [0.2, 0.25) is 0 Å². The van der Waals surface area contributed by atoms with Crippen molar-refractivity contribution in [1.29, 1.82) is 0 Å². The predicted octanol–water partition coefficient (Wildman–Crippen LogP) is 5.13. The largest absolute Gasteiger partial charge is 0.307 e. The summed E-state index contributed by atoms with van der Waals surface area (Å²) in [5, 5.41) is 5.96. The smallest absolute Gasteiger partial charge is 0.0399 e. The summed E-state index contributed by atoms with van der Waals surface area (Å²) in [6, 6.07) is 3.33. The third-order valence-electron chi connectivity index (χ3n) is 3.78. The minimum atomic E-state index is 0.475. The molecule has 1 aliphatic rings. The van der Waals surface area contributed by atoms with E-state index in [1.807, 2.05) is 11.3 Å². The molecule has 17 heavy (non-hydrogen) atoms. The number of hydrogen-bond donors (Lipinski definition) is 1. The summed E-state index contributed by atoms with van der Waals surface area (Å²) in [6.07, 6.45) is 6.87. The van der Waals surface area contributed by atoms with Gasteiger partial charge in [0.05, 0.1) is 0 Å². The van der Waals surface area contributed by atoms with E-state index in [0.29, 0.717) is 12.1 Å². The first kappa shape index (κ1) is 13.6. The third kappa shape index (κ3) is 3.80. The van der Waals surface area contributed by atoms with Crippen molar-refractivity contribution in [2.75, 3.05) is 0 Å². The van der Waals surface area contributed by atoms with E-state index in [1.165, 1.54) is 41.5 Å². The van der Waals surface area contributed by atoms with E-state index in [1.54, 1.807) is 0 Å². The molecular formula is C14H22BrNS. The lowest BCUT2D eigenvalue weighted by Gasteiger charge is -2.21. The fourth-order valence-electron chi connectivity index (χ4n) is 2.70. The van der Waals surface area contributed by atoms with Crippen molar-refractivity contribution in [3.63, 3.8) is 0 Å². The second-order valence-electron chi connectivity index (χ2n) is 5.33. The zero-order chi connectivity index (χ0) is 12.3. The molecule has 3 unspecified atom stereocenters. The average molecular weight is 316 g/mol. The Morgan fingerprint density at radius 3 is 2.88 bits per heavy atom. The summed E-state index contributed by atoms with van der Waals surface area (Å²) in [6.45, 7) is 4.67. The van der Waals surface area contributed by atoms with Crippen molar-refractivity contribution in [1.82, 2.24) is 5.32 Å². The van der Waals surface area contributed by atoms with Gasteiger partial charge in [0.2, 0.25) is 0 Å². The average Bonchev–Trinajstić information content (AvgIpc) is 2.61. The van der Waals surface area contributed by atoms with E-state index in [9.17, 15) is 0 Å². The summed E-state index contributed by atoms with van der Waals surface area (Å²) >= 11 is 5.47. The maximum atomic E-state index is 3.80. The molecule has 1 aromatic heterocycles. The van der Waals surface area contributed by atoms with Crippen molar-refractivity contribution in [3.8, 4) is 0 Å². The molecule has 0 spiro atoms. The molecule has 3 atom stereocenters. The maximum absolute atomic E-state index is 3.80. The van der Waals surface area contributed by atoms with Crippen LogP contribution in [0.15, 0.2) is 15.9 Å². The molecule has 0 aliphatic heterocycles. The molecule has 0 bridgehead atoms. The first-order valence-corrected chi connectivity index (χ1v) is 8.33. The zero-order valence-electron chi connectivity index (χ0n) is 10.7. The molecule has 1 saturated carbocycles. The summed E-state index contributed by atoms with van der Waals surface area (Å²) in [4.78, 5) is 1.43. The summed E-state index contributed by atoms with van der Waals surface area (Å²) in [5.74, 6) is 0.922. The van der Waals surface area contributed by atoms with Crippen molar-refractivity contribution < 1.29 is 0 Å². The standard InChI is InChI=1S/C14H22BrNS/c1-10-4-3-5-12(7-6-10)16-11(2)14-13(15)8-9-17-14/h8-12,16H,3-7H2,1-2H3. The highest BCUT2D eigenvalue weighted by Crippen LogP contribution is 2.30. The SMILES string of the molecule is CC1CCCC(NC(C)c2sccc2Br)CC1. The van der Waals surface area contributed by atoms with Crippen LogP contribution in [0.4, 0.5) is 0 Å². The third-order valence-corrected chi connectivity index (χ3v) is 5.83. The van der Waals surface area contributed by atoms with E-state index in [4.69, 9.17) is 0 Å². The highest BCUT2D eigenvalue weighted by atomic mass is 79.9. The second-order valence-corrected chi connectivity index (χ2v) is 7.13. The molecule has 0 amide bonds. The first-order chi connectivity index (χ1) is 8.16. The number of thiophene rings is 1. The lowest BCUT2D eigenvalue weighted by atomic mass is 10.0. The summed E-state index contributed by atoms with van der Waals surface area (Å²) in [7, 11) is 0. The highest BCUT2D eigenvalue weighted by Gasteiger charge is 2.19. The Balaban J connectivity index is 1.90. The molecule has 0 aromatic carbocycles. The van der Waals surface area contributed by atoms with Gasteiger partial charge in [0, 0.05) is 21.4 Å². The van der Waals surface area contributed by atoms with Crippen LogP contribution in [0.3, 0.4) is 0 Å². The molecule has 0 saturated heterocycles. The monoisotopic (exact) mass is 315 g/mol. The molecule has 3 heteroatoms. The van der Waals surface area contributed by atoms with Gasteiger partial charge in [0.1, 0.15) is 0 Å². The molecule has 2 rings (SSSR count). The summed E-state index contributed by atoms with van der Waals surface area (Å²) in [5.41, 5.74) is 0. The van der Waals surface area contributed by atoms with E-state index in [-0.39, 0.29) is 0 Å². The van der Waals surface area contributed by atoms with E-state index >= 15 is 0 Å². The van der Waals surface area contributed by atoms with E-state index < -0.39 is 0 Å². The molecule has 1 N–H and O–H groups in total. The van der Waals surface area contributed by atoms with Crippen LogP contribution in [-0.2, 0) is 0 Å². The quantitative estimate of drug-likeness (QED) is 0.762. The van der Waals surface area contributed by atoms with Gasteiger partial charge in [0.15, 0.2) is 0 Å². The molecule has 0 radical (unpaired) electrons. The first-order valence-electron chi connectivity index (χ1n) is 6.65. The van der Waals surface area contributed by atoms with Crippen molar-refractivity contribution in [2.45, 2.75) is 58.0 Å². The second kappa shape index (κ2) is 6.35. The molecule has 96 valence electrons. The van der Waals surface area contributed by atoms with Gasteiger partial charge in [-0.15, -0.1) is 11.3 Å². The number of rotatable bonds is 3. The Labute approximate surface area is 117 Å². The van der Waals surface area contributed by atoms with Crippen LogP contribution >= 0.6 is 27.3 Å². The van der Waals surface area contributed by atoms with Gasteiger partial charge in [-0.25, -0.2) is 0 Å². The maximum Gasteiger partial charge on any atom is 0.0399 e. The normalized spacial score (nSPS) is 27.7. The molecule has 1 aromatic rings. The van der Waals surface area contributed by atoms with Gasteiger partial charge in [-0.2, -0.15) is 0 Å². The molecule has 1 fully saturated rings. The fourth-order valence-corrected chi connectivity index (χ4v) is 4.43. The van der Waals surface area contributed by atoms with Gasteiger partial charge in [-0.1, -0.05) is 19.8 Å². The molecule has 1 nitrogen and oxygen atoms in total. The Morgan fingerprint density at radius 1 is 1.35 bits per heavy atom. The number of hydrogen-bond acceptors (Lipinski definition) is 2. The van der Waals surface area contributed by atoms with Gasteiger partial charge in [-0.05, 0) is 59.5 Å². The molecule has 1 aliphatic carbocycles. The van der Waals surface area contributed by atoms with Crippen LogP contribution in [-0.4, -0.2) is 6.04 Å². The highest BCUT2D eigenvalue weighted by molar-refractivity contribution is 9.10. The predicted molar refractivity (Wildman–Crippen MR) is 79.6 cm³/mol. The Kier molecular flexibility index (Phi) is 5.07. The number of halogens is 1. The van der Waals surface area contributed by atoms with Gasteiger partial charge in [-0.3, -0.25) is 0 Å². The van der Waals surface area contributed by atoms with Crippen LogP contribution in [0, 0.1) is 5.92 Å². The van der Waals surface area contributed by atoms with Crippen LogP contribution in [0.5, 0.6) is 0 Å². The van der Waals surface area contributed by atoms with Crippen LogP contribution in [0.1, 0.15) is 56.9 Å². The van der Waals surface area contributed by atoms with Crippen LogP contribution in [0.25, 0.3) is 0 Å². The van der Waals surface area contributed by atoms with Gasteiger partial charge >= 0.3 is 0 Å². The Bertz CT molecular complexity index is 350. The van der Waals surface area contributed by atoms with Crippen molar-refractivity contribution in [3.05, 3.63) is 20.8 Å². The Hall–Kier alpha value is 0.140. The lowest BCUT2D eigenvalue weighted by Crippen LogP contribution is -2.30. The zero-order valence-corrected chi connectivity index (χ0v) is 13.1. The lowest BCUT2D eigenvalue weighted by molar-refractivity contribution is 0.410. The van der Waals surface area contributed by atoms with Crippen molar-refractivity contribution in [2.24, 2.45) is 5.92 Å². The Morgan fingerprint density at radius 2 is 2.18 bits per heavy atom. The fraction of sp³-hybridized carbons (Fsp3) is 0.714. The van der Waals surface area contributed by atoms with Crippen LogP contribution < -0.4 is 5.32 Å². The molecule has 1 heterocycles. The minimum Gasteiger partial charge on any atom is -0.307 e.